The van der Waals surface area contributed by atoms with Crippen molar-refractivity contribution in [3.05, 3.63) is 30.1 Å². The molecule has 0 radical (unpaired) electrons. The fraction of sp³-hybridized carbons (Fsp3) is 0.429. The van der Waals surface area contributed by atoms with Gasteiger partial charge in [0.1, 0.15) is 17.3 Å². The van der Waals surface area contributed by atoms with Crippen LogP contribution in [0.3, 0.4) is 0 Å². The average molecular weight is 294 g/mol. The molecule has 0 unspecified atom stereocenters. The van der Waals surface area contributed by atoms with Gasteiger partial charge in [-0.2, -0.15) is 0 Å². The number of carbonyl (C=O) groups is 3. The number of esters is 1. The summed E-state index contributed by atoms with van der Waals surface area (Å²) in [5.74, 6) is -2.67. The molecule has 0 saturated carbocycles. The van der Waals surface area contributed by atoms with Crippen LogP contribution < -0.4 is 5.32 Å². The Hall–Kier alpha value is -2.44. The summed E-state index contributed by atoms with van der Waals surface area (Å²) in [6, 6.07) is 3.31. The summed E-state index contributed by atoms with van der Waals surface area (Å²) in [6.45, 7) is 5.02. The minimum atomic E-state index is -1.37. The summed E-state index contributed by atoms with van der Waals surface area (Å²) in [7, 11) is 0. The lowest BCUT2D eigenvalue weighted by Crippen LogP contribution is -2.43. The lowest BCUT2D eigenvalue weighted by molar-refractivity contribution is -0.158. The molecule has 21 heavy (non-hydrogen) atoms. The van der Waals surface area contributed by atoms with Gasteiger partial charge >= 0.3 is 11.9 Å². The van der Waals surface area contributed by atoms with Gasteiger partial charge in [-0.15, -0.1) is 0 Å². The quantitative estimate of drug-likeness (QED) is 0.785. The Kier molecular flexibility index (Phi) is 5.40. The number of carboxylic acids is 1. The number of nitrogens with one attached hydrogen (secondary N) is 1. The molecule has 0 saturated heterocycles. The maximum Gasteiger partial charge on any atom is 0.326 e. The highest BCUT2D eigenvalue weighted by Gasteiger charge is 2.27. The minimum absolute atomic E-state index is 0.0768. The SMILES string of the molecule is CC(C)(C)OC(=O)C[C@H](NC(=O)c1ccccn1)C(=O)O. The van der Waals surface area contributed by atoms with Gasteiger partial charge in [0, 0.05) is 6.20 Å². The molecule has 0 fully saturated rings. The highest BCUT2D eigenvalue weighted by Crippen LogP contribution is 2.09. The molecule has 7 heteroatoms. The topological polar surface area (TPSA) is 106 Å². The Morgan fingerprint density at radius 2 is 2.00 bits per heavy atom. The van der Waals surface area contributed by atoms with E-state index in [1.54, 1.807) is 32.9 Å². The van der Waals surface area contributed by atoms with Crippen molar-refractivity contribution in [2.75, 3.05) is 0 Å². The number of amides is 1. The van der Waals surface area contributed by atoms with Crippen LogP contribution in [0.4, 0.5) is 0 Å². The number of nitrogens with zero attached hydrogens (tertiary/aromatic N) is 1. The number of carbonyl (C=O) groups excluding carboxylic acids is 2. The van der Waals surface area contributed by atoms with E-state index < -0.39 is 35.9 Å². The molecule has 0 spiro atoms. The predicted octanol–water partition coefficient (Wildman–Crippen LogP) is 0.996. The summed E-state index contributed by atoms with van der Waals surface area (Å²) in [5.41, 5.74) is -0.640. The molecule has 7 nitrogen and oxygen atoms in total. The van der Waals surface area contributed by atoms with Crippen LogP contribution in [0, 0.1) is 0 Å². The normalized spacial score (nSPS) is 12.3. The maximum atomic E-state index is 11.8. The number of hydrogen-bond acceptors (Lipinski definition) is 5. The number of ether oxygens (including phenoxy) is 1. The Labute approximate surface area is 122 Å². The lowest BCUT2D eigenvalue weighted by Gasteiger charge is -2.21. The van der Waals surface area contributed by atoms with Crippen LogP contribution in [0.5, 0.6) is 0 Å². The van der Waals surface area contributed by atoms with Crippen molar-refractivity contribution in [1.29, 1.82) is 0 Å². The largest absolute Gasteiger partial charge is 0.480 e. The van der Waals surface area contributed by atoms with E-state index in [-0.39, 0.29) is 5.69 Å². The smallest absolute Gasteiger partial charge is 0.326 e. The van der Waals surface area contributed by atoms with Gasteiger partial charge in [-0.25, -0.2) is 4.79 Å². The minimum Gasteiger partial charge on any atom is -0.480 e. The summed E-state index contributed by atoms with van der Waals surface area (Å²) < 4.78 is 5.04. The van der Waals surface area contributed by atoms with Crippen LogP contribution in [0.25, 0.3) is 0 Å². The van der Waals surface area contributed by atoms with Crippen LogP contribution in [0.15, 0.2) is 24.4 Å². The highest BCUT2D eigenvalue weighted by molar-refractivity contribution is 5.95. The molecule has 1 amide bonds. The predicted molar refractivity (Wildman–Crippen MR) is 73.6 cm³/mol. The van der Waals surface area contributed by atoms with Gasteiger partial charge < -0.3 is 15.2 Å². The summed E-state index contributed by atoms with van der Waals surface area (Å²) in [6.07, 6.45) is 0.962. The molecule has 0 aliphatic heterocycles. The molecule has 1 aromatic heterocycles. The Morgan fingerprint density at radius 1 is 1.33 bits per heavy atom. The van der Waals surface area contributed by atoms with E-state index in [0.717, 1.165) is 0 Å². The maximum absolute atomic E-state index is 11.8. The molecular formula is C14H18N2O5. The van der Waals surface area contributed by atoms with E-state index in [2.05, 4.69) is 10.3 Å². The second-order valence-electron chi connectivity index (χ2n) is 5.37. The van der Waals surface area contributed by atoms with Crippen LogP contribution >= 0.6 is 0 Å². The van der Waals surface area contributed by atoms with Crippen molar-refractivity contribution in [1.82, 2.24) is 10.3 Å². The Balaban J connectivity index is 2.69. The van der Waals surface area contributed by atoms with E-state index >= 15 is 0 Å². The van der Waals surface area contributed by atoms with Gasteiger partial charge in [0.2, 0.25) is 0 Å². The van der Waals surface area contributed by atoms with Crippen molar-refractivity contribution >= 4 is 17.8 Å². The molecule has 0 aliphatic rings. The summed E-state index contributed by atoms with van der Waals surface area (Å²) >= 11 is 0. The molecule has 1 aromatic rings. The molecule has 1 atom stereocenters. The van der Waals surface area contributed by atoms with Gasteiger partial charge in [0.15, 0.2) is 0 Å². The first-order chi connectivity index (χ1) is 9.69. The standard InChI is InChI=1S/C14H18N2O5/c1-14(2,3)21-11(17)8-10(13(19)20)16-12(18)9-6-4-5-7-15-9/h4-7,10H,8H2,1-3H3,(H,16,18)(H,19,20)/t10-/m0/s1. The number of pyridine rings is 1. The second-order valence-corrected chi connectivity index (χ2v) is 5.37. The van der Waals surface area contributed by atoms with Crippen LogP contribution in [-0.2, 0) is 14.3 Å². The molecule has 0 aromatic carbocycles. The zero-order valence-electron chi connectivity index (χ0n) is 12.1. The Bertz CT molecular complexity index is 522. The molecule has 0 bridgehead atoms. The first-order valence-electron chi connectivity index (χ1n) is 6.35. The first-order valence-corrected chi connectivity index (χ1v) is 6.35. The number of hydrogen-bond donors (Lipinski definition) is 2. The van der Waals surface area contributed by atoms with Crippen molar-refractivity contribution in [2.24, 2.45) is 0 Å². The van der Waals surface area contributed by atoms with E-state index in [0.29, 0.717) is 0 Å². The van der Waals surface area contributed by atoms with Gasteiger partial charge in [-0.3, -0.25) is 14.6 Å². The van der Waals surface area contributed by atoms with Crippen LogP contribution in [0.2, 0.25) is 0 Å². The van der Waals surface area contributed by atoms with Crippen LogP contribution in [-0.4, -0.2) is 39.6 Å². The van der Waals surface area contributed by atoms with E-state index in [1.807, 2.05) is 0 Å². The third-order valence-electron chi connectivity index (χ3n) is 2.29. The van der Waals surface area contributed by atoms with Crippen molar-refractivity contribution in [3.8, 4) is 0 Å². The fourth-order valence-electron chi connectivity index (χ4n) is 1.48. The lowest BCUT2D eigenvalue weighted by atomic mass is 10.1. The average Bonchev–Trinajstić information content (AvgIpc) is 2.36. The highest BCUT2D eigenvalue weighted by atomic mass is 16.6. The van der Waals surface area contributed by atoms with Crippen LogP contribution in [0.1, 0.15) is 37.7 Å². The van der Waals surface area contributed by atoms with E-state index in [1.165, 1.54) is 12.3 Å². The van der Waals surface area contributed by atoms with Gasteiger partial charge in [0.25, 0.3) is 5.91 Å². The van der Waals surface area contributed by atoms with Crippen molar-refractivity contribution in [3.63, 3.8) is 0 Å². The van der Waals surface area contributed by atoms with E-state index in [9.17, 15) is 14.4 Å². The molecule has 114 valence electrons. The van der Waals surface area contributed by atoms with Gasteiger partial charge in [-0.05, 0) is 32.9 Å². The monoisotopic (exact) mass is 294 g/mol. The molecule has 2 N–H and O–H groups in total. The summed E-state index contributed by atoms with van der Waals surface area (Å²) in [5, 5.41) is 11.3. The Morgan fingerprint density at radius 3 is 2.48 bits per heavy atom. The third-order valence-corrected chi connectivity index (χ3v) is 2.29. The summed E-state index contributed by atoms with van der Waals surface area (Å²) in [4.78, 5) is 38.4. The van der Waals surface area contributed by atoms with Gasteiger partial charge in [0.05, 0.1) is 6.42 Å². The van der Waals surface area contributed by atoms with Crippen molar-refractivity contribution < 1.29 is 24.2 Å². The fourth-order valence-corrected chi connectivity index (χ4v) is 1.48. The van der Waals surface area contributed by atoms with Gasteiger partial charge in [-0.1, -0.05) is 6.07 Å². The third kappa shape index (κ3) is 6.03. The molecule has 1 rings (SSSR count). The zero-order chi connectivity index (χ0) is 16.0. The van der Waals surface area contributed by atoms with E-state index in [4.69, 9.17) is 9.84 Å². The first kappa shape index (κ1) is 16.6. The number of aliphatic carboxylic acids is 1. The number of carboxylic acid groups (broad SMARTS) is 1. The molecule has 0 aliphatic carbocycles. The molecular weight excluding hydrogens is 276 g/mol. The number of aromatic nitrogens is 1. The second kappa shape index (κ2) is 6.83. The number of rotatable bonds is 5. The zero-order valence-corrected chi connectivity index (χ0v) is 12.1. The molecule has 1 heterocycles. The van der Waals surface area contributed by atoms with Crippen molar-refractivity contribution in [2.45, 2.75) is 38.8 Å².